The monoisotopic (exact) mass is 427 g/mol. The van der Waals surface area contributed by atoms with E-state index < -0.39 is 0 Å². The number of nitrogens with one attached hydrogen (secondary N) is 1. The first-order valence-corrected chi connectivity index (χ1v) is 11.5. The zero-order chi connectivity index (χ0) is 21.7. The summed E-state index contributed by atoms with van der Waals surface area (Å²) in [5, 5.41) is 0.586. The van der Waals surface area contributed by atoms with Gasteiger partial charge < -0.3 is 9.88 Å². The number of carbonyl (C=O) groups is 1. The van der Waals surface area contributed by atoms with Crippen molar-refractivity contribution in [3.63, 3.8) is 0 Å². The first-order valence-electron chi connectivity index (χ1n) is 11.5. The van der Waals surface area contributed by atoms with Crippen LogP contribution in [0.25, 0.3) is 21.9 Å². The molecular weight excluding hydrogens is 402 g/mol. The quantitative estimate of drug-likeness (QED) is 0.525. The summed E-state index contributed by atoms with van der Waals surface area (Å²) in [5.41, 5.74) is 3.10. The smallest absolute Gasteiger partial charge is 0.261 e. The van der Waals surface area contributed by atoms with Gasteiger partial charge in [0, 0.05) is 25.1 Å². The molecular formula is C25H25N5O2. The zero-order valence-corrected chi connectivity index (χ0v) is 17.9. The van der Waals surface area contributed by atoms with E-state index >= 15 is 0 Å². The summed E-state index contributed by atoms with van der Waals surface area (Å²) in [4.78, 5) is 41.3. The molecule has 1 atom stereocenters. The van der Waals surface area contributed by atoms with E-state index in [0.717, 1.165) is 67.8 Å². The summed E-state index contributed by atoms with van der Waals surface area (Å²) in [6, 6.07) is 13.2. The van der Waals surface area contributed by atoms with Gasteiger partial charge in [0.25, 0.3) is 11.5 Å². The van der Waals surface area contributed by atoms with Gasteiger partial charge in [-0.15, -0.1) is 0 Å². The molecule has 1 amide bonds. The second-order valence-electron chi connectivity index (χ2n) is 8.82. The molecule has 1 saturated heterocycles. The standard InChI is InChI=1S/C25H25N5O2/c31-24(29-14-6-9-21(29)23-27-18-7-3-4-8-19(18)28-23)16-11-12-17-20(15-16)26-22-10-2-1-5-13-30(22)25(17)32/h3-4,7-8,11-12,15,21H,1-2,5-6,9-10,13-14H2,(H,27,28)/t21-/m1/s1. The van der Waals surface area contributed by atoms with Gasteiger partial charge in [0.05, 0.1) is 28.0 Å². The highest BCUT2D eigenvalue weighted by Crippen LogP contribution is 2.33. The molecule has 0 unspecified atom stereocenters. The summed E-state index contributed by atoms with van der Waals surface area (Å²) >= 11 is 0. The van der Waals surface area contributed by atoms with Crippen molar-refractivity contribution in [3.05, 3.63) is 70.0 Å². The largest absolute Gasteiger partial charge is 0.340 e. The predicted molar refractivity (Wildman–Crippen MR) is 123 cm³/mol. The Morgan fingerprint density at radius 3 is 2.78 bits per heavy atom. The van der Waals surface area contributed by atoms with Crippen molar-refractivity contribution in [1.82, 2.24) is 24.4 Å². The molecule has 7 nitrogen and oxygen atoms in total. The highest BCUT2D eigenvalue weighted by Gasteiger charge is 2.33. The van der Waals surface area contributed by atoms with Crippen LogP contribution < -0.4 is 5.56 Å². The molecule has 2 aliphatic heterocycles. The van der Waals surface area contributed by atoms with E-state index in [1.807, 2.05) is 33.7 Å². The van der Waals surface area contributed by atoms with Crippen molar-refractivity contribution in [2.45, 2.75) is 51.1 Å². The van der Waals surface area contributed by atoms with Crippen LogP contribution in [-0.2, 0) is 13.0 Å². The zero-order valence-electron chi connectivity index (χ0n) is 17.9. The van der Waals surface area contributed by atoms with E-state index in [0.29, 0.717) is 23.0 Å². The summed E-state index contributed by atoms with van der Waals surface area (Å²) in [7, 11) is 0. The molecule has 4 heterocycles. The molecule has 32 heavy (non-hydrogen) atoms. The summed E-state index contributed by atoms with van der Waals surface area (Å²) in [6.07, 6.45) is 5.79. The number of H-pyrrole nitrogens is 1. The van der Waals surface area contributed by atoms with Gasteiger partial charge in [-0.25, -0.2) is 9.97 Å². The van der Waals surface area contributed by atoms with Crippen LogP contribution in [0.5, 0.6) is 0 Å². The third kappa shape index (κ3) is 3.11. The number of hydrogen-bond donors (Lipinski definition) is 1. The molecule has 162 valence electrons. The van der Waals surface area contributed by atoms with Gasteiger partial charge in [0.1, 0.15) is 11.6 Å². The Bertz CT molecular complexity index is 1370. The topological polar surface area (TPSA) is 83.9 Å². The Hall–Kier alpha value is -3.48. The van der Waals surface area contributed by atoms with Crippen LogP contribution in [0.4, 0.5) is 0 Å². The number of nitrogens with zero attached hydrogens (tertiary/aromatic N) is 4. The van der Waals surface area contributed by atoms with Crippen LogP contribution in [0.15, 0.2) is 47.3 Å². The number of imidazole rings is 1. The van der Waals surface area contributed by atoms with Crippen LogP contribution in [0.1, 0.15) is 60.2 Å². The van der Waals surface area contributed by atoms with E-state index in [9.17, 15) is 9.59 Å². The highest BCUT2D eigenvalue weighted by atomic mass is 16.2. The molecule has 0 spiro atoms. The van der Waals surface area contributed by atoms with Crippen LogP contribution in [0, 0.1) is 0 Å². The number of aryl methyl sites for hydroxylation is 1. The fraction of sp³-hybridized carbons (Fsp3) is 0.360. The normalized spacial score (nSPS) is 18.8. The van der Waals surface area contributed by atoms with Gasteiger partial charge in [-0.05, 0) is 56.0 Å². The number of benzene rings is 2. The molecule has 0 aliphatic carbocycles. The second kappa shape index (κ2) is 7.58. The molecule has 2 aromatic carbocycles. The number of rotatable bonds is 2. The maximum Gasteiger partial charge on any atom is 0.261 e. The molecule has 1 fully saturated rings. The Kier molecular flexibility index (Phi) is 4.56. The first-order chi connectivity index (χ1) is 15.7. The highest BCUT2D eigenvalue weighted by molar-refractivity contribution is 5.98. The Morgan fingerprint density at radius 2 is 1.88 bits per heavy atom. The number of aromatic amines is 1. The fourth-order valence-corrected chi connectivity index (χ4v) is 5.14. The average molecular weight is 428 g/mol. The number of para-hydroxylation sites is 2. The van der Waals surface area contributed by atoms with Gasteiger partial charge in [-0.2, -0.15) is 0 Å². The molecule has 0 saturated carbocycles. The molecule has 4 aromatic rings. The van der Waals surface area contributed by atoms with Gasteiger partial charge in [-0.1, -0.05) is 18.6 Å². The minimum absolute atomic E-state index is 0.00669. The molecule has 2 aliphatic rings. The number of amides is 1. The van der Waals surface area contributed by atoms with Crippen molar-refractivity contribution < 1.29 is 4.79 Å². The lowest BCUT2D eigenvalue weighted by atomic mass is 10.1. The minimum Gasteiger partial charge on any atom is -0.340 e. The third-order valence-electron chi connectivity index (χ3n) is 6.80. The fourth-order valence-electron chi connectivity index (χ4n) is 5.14. The van der Waals surface area contributed by atoms with Gasteiger partial charge >= 0.3 is 0 Å². The van der Waals surface area contributed by atoms with Gasteiger partial charge in [-0.3, -0.25) is 14.2 Å². The van der Waals surface area contributed by atoms with E-state index in [1.165, 1.54) is 0 Å². The number of carbonyl (C=O) groups excluding carboxylic acids is 1. The summed E-state index contributed by atoms with van der Waals surface area (Å²) in [6.45, 7) is 1.42. The summed E-state index contributed by atoms with van der Waals surface area (Å²) < 4.78 is 1.81. The maximum atomic E-state index is 13.5. The number of fused-ring (bicyclic) bond motifs is 3. The van der Waals surface area contributed by atoms with E-state index in [2.05, 4.69) is 4.98 Å². The van der Waals surface area contributed by atoms with Crippen LogP contribution in [0.3, 0.4) is 0 Å². The van der Waals surface area contributed by atoms with E-state index in [4.69, 9.17) is 9.97 Å². The second-order valence-corrected chi connectivity index (χ2v) is 8.82. The maximum absolute atomic E-state index is 13.5. The van der Waals surface area contributed by atoms with Gasteiger partial charge in [0.2, 0.25) is 0 Å². The molecule has 0 bridgehead atoms. The predicted octanol–water partition coefficient (Wildman–Crippen LogP) is 3.98. The van der Waals surface area contributed by atoms with Crippen LogP contribution in [-0.4, -0.2) is 36.9 Å². The lowest BCUT2D eigenvalue weighted by molar-refractivity contribution is 0.0730. The van der Waals surface area contributed by atoms with Crippen LogP contribution in [0.2, 0.25) is 0 Å². The number of likely N-dealkylation sites (tertiary alicyclic amines) is 1. The molecule has 2 aromatic heterocycles. The van der Waals surface area contributed by atoms with Crippen LogP contribution >= 0.6 is 0 Å². The van der Waals surface area contributed by atoms with E-state index in [-0.39, 0.29) is 17.5 Å². The third-order valence-corrected chi connectivity index (χ3v) is 6.80. The lowest BCUT2D eigenvalue weighted by Crippen LogP contribution is -2.31. The lowest BCUT2D eigenvalue weighted by Gasteiger charge is -2.23. The molecule has 1 N–H and O–H groups in total. The van der Waals surface area contributed by atoms with Crippen molar-refractivity contribution in [1.29, 1.82) is 0 Å². The molecule has 7 heteroatoms. The number of aromatic nitrogens is 4. The molecule has 0 radical (unpaired) electrons. The van der Waals surface area contributed by atoms with Crippen molar-refractivity contribution in [2.75, 3.05) is 6.54 Å². The first kappa shape index (κ1) is 19.2. The average Bonchev–Trinajstić information content (AvgIpc) is 3.40. The number of hydrogen-bond acceptors (Lipinski definition) is 4. The van der Waals surface area contributed by atoms with Crippen molar-refractivity contribution >= 4 is 27.8 Å². The molecule has 6 rings (SSSR count). The Labute approximate surface area is 185 Å². The minimum atomic E-state index is -0.0729. The summed E-state index contributed by atoms with van der Waals surface area (Å²) in [5.74, 6) is 1.64. The Morgan fingerprint density at radius 1 is 0.969 bits per heavy atom. The van der Waals surface area contributed by atoms with E-state index in [1.54, 1.807) is 18.2 Å². The SMILES string of the molecule is O=C(c1ccc2c(=O)n3c(nc2c1)CCCCC3)N1CCC[C@@H]1c1nc2ccccc2[nH]1. The van der Waals surface area contributed by atoms with Gasteiger partial charge in [0.15, 0.2) is 0 Å². The van der Waals surface area contributed by atoms with Crippen molar-refractivity contribution in [3.8, 4) is 0 Å². The Balaban J connectivity index is 1.36. The van der Waals surface area contributed by atoms with Crippen molar-refractivity contribution in [2.24, 2.45) is 0 Å².